The lowest BCUT2D eigenvalue weighted by Gasteiger charge is -2.33. The third kappa shape index (κ3) is 3.46. The molecule has 2 heterocycles. The number of piperidine rings is 1. The van der Waals surface area contributed by atoms with Gasteiger partial charge in [0.15, 0.2) is 15.7 Å². The van der Waals surface area contributed by atoms with Crippen LogP contribution in [0.5, 0.6) is 0 Å². The fraction of sp³-hybridized carbons (Fsp3) is 0.667. The van der Waals surface area contributed by atoms with E-state index in [1.165, 1.54) is 6.92 Å². The fourth-order valence-corrected chi connectivity index (χ4v) is 4.80. The summed E-state index contributed by atoms with van der Waals surface area (Å²) in [6.45, 7) is 4.46. The number of amides is 1. The second-order valence-corrected chi connectivity index (χ2v) is 8.03. The molecule has 0 atom stereocenters. The number of hydrogen-bond acceptors (Lipinski definition) is 7. The van der Waals surface area contributed by atoms with Gasteiger partial charge in [0.1, 0.15) is 9.90 Å². The summed E-state index contributed by atoms with van der Waals surface area (Å²) in [7, 11) is -3.39. The van der Waals surface area contributed by atoms with Crippen molar-refractivity contribution in [2.75, 3.05) is 29.5 Å². The molecule has 3 N–H and O–H groups in total. The number of hydrogen-bond donors (Lipinski definition) is 2. The van der Waals surface area contributed by atoms with Gasteiger partial charge in [0.05, 0.1) is 5.75 Å². The van der Waals surface area contributed by atoms with Gasteiger partial charge in [-0.3, -0.25) is 4.79 Å². The Morgan fingerprint density at radius 2 is 2.10 bits per heavy atom. The van der Waals surface area contributed by atoms with E-state index in [1.54, 1.807) is 6.92 Å². The number of nitrogens with one attached hydrogen (secondary N) is 1. The van der Waals surface area contributed by atoms with Crippen LogP contribution in [-0.2, 0) is 14.6 Å². The van der Waals surface area contributed by atoms with Gasteiger partial charge in [0.25, 0.3) is 0 Å². The first-order valence-electron chi connectivity index (χ1n) is 6.85. The minimum Gasteiger partial charge on any atom is -0.382 e. The van der Waals surface area contributed by atoms with Crippen molar-refractivity contribution in [3.8, 4) is 0 Å². The number of nitrogens with two attached hydrogens (primary N) is 1. The molecule has 1 amide bonds. The molecule has 1 saturated heterocycles. The molecule has 0 radical (unpaired) electrons. The van der Waals surface area contributed by atoms with Crippen molar-refractivity contribution in [2.24, 2.45) is 0 Å². The molecule has 0 spiro atoms. The quantitative estimate of drug-likeness (QED) is 0.837. The number of nitrogen functional groups attached to an aromatic ring is 1. The average molecular weight is 332 g/mol. The highest BCUT2D eigenvalue weighted by molar-refractivity contribution is 7.91. The van der Waals surface area contributed by atoms with Crippen LogP contribution in [0.4, 0.5) is 10.8 Å². The molecule has 7 nitrogen and oxygen atoms in total. The third-order valence-corrected chi connectivity index (χ3v) is 6.37. The fourth-order valence-electron chi connectivity index (χ4n) is 2.44. The molecule has 1 aromatic heterocycles. The summed E-state index contributed by atoms with van der Waals surface area (Å²) in [5.41, 5.74) is 5.74. The molecule has 21 heavy (non-hydrogen) atoms. The van der Waals surface area contributed by atoms with Crippen LogP contribution in [0.3, 0.4) is 0 Å². The van der Waals surface area contributed by atoms with Gasteiger partial charge in [-0.15, -0.1) is 0 Å². The van der Waals surface area contributed by atoms with E-state index in [4.69, 9.17) is 5.73 Å². The molecule has 1 aliphatic heterocycles. The smallest absolute Gasteiger partial charge is 0.217 e. The summed E-state index contributed by atoms with van der Waals surface area (Å²) in [5.74, 6) is 0.0518. The minimum atomic E-state index is -3.39. The van der Waals surface area contributed by atoms with Crippen LogP contribution >= 0.6 is 11.5 Å². The maximum atomic E-state index is 12.2. The van der Waals surface area contributed by atoms with E-state index in [0.717, 1.165) is 24.4 Å². The Hall–Kier alpha value is -1.35. The molecule has 2 rings (SSSR count). The van der Waals surface area contributed by atoms with Crippen molar-refractivity contribution in [1.29, 1.82) is 0 Å². The van der Waals surface area contributed by atoms with Crippen molar-refractivity contribution in [3.05, 3.63) is 0 Å². The van der Waals surface area contributed by atoms with Gasteiger partial charge >= 0.3 is 0 Å². The normalized spacial score (nSPS) is 17.0. The molecule has 0 saturated carbocycles. The summed E-state index contributed by atoms with van der Waals surface area (Å²) in [4.78, 5) is 13.2. The summed E-state index contributed by atoms with van der Waals surface area (Å²) in [6.07, 6.45) is 1.56. The van der Waals surface area contributed by atoms with E-state index < -0.39 is 9.84 Å². The third-order valence-electron chi connectivity index (χ3n) is 3.54. The first-order valence-corrected chi connectivity index (χ1v) is 9.27. The highest BCUT2D eigenvalue weighted by Gasteiger charge is 2.29. The van der Waals surface area contributed by atoms with Crippen LogP contribution in [0.2, 0.25) is 0 Å². The Morgan fingerprint density at radius 1 is 1.48 bits per heavy atom. The lowest BCUT2D eigenvalue weighted by molar-refractivity contribution is -0.119. The number of sulfone groups is 1. The molecule has 0 aromatic carbocycles. The summed E-state index contributed by atoms with van der Waals surface area (Å²) < 4.78 is 28.3. The van der Waals surface area contributed by atoms with Crippen LogP contribution in [0.1, 0.15) is 26.7 Å². The zero-order valence-corrected chi connectivity index (χ0v) is 13.8. The Bertz CT molecular complexity index is 618. The van der Waals surface area contributed by atoms with Crippen LogP contribution in [0, 0.1) is 0 Å². The van der Waals surface area contributed by atoms with Gasteiger partial charge in [0.2, 0.25) is 5.91 Å². The molecule has 1 aromatic rings. The second-order valence-electron chi connectivity index (χ2n) is 5.07. The first kappa shape index (κ1) is 16.0. The molecule has 0 aliphatic carbocycles. The summed E-state index contributed by atoms with van der Waals surface area (Å²) >= 11 is 1.12. The van der Waals surface area contributed by atoms with Crippen molar-refractivity contribution >= 4 is 38.1 Å². The minimum absolute atomic E-state index is 0.00493. The number of nitrogens with zero attached hydrogens (tertiary/aromatic N) is 2. The van der Waals surface area contributed by atoms with Crippen LogP contribution < -0.4 is 16.0 Å². The van der Waals surface area contributed by atoms with Crippen molar-refractivity contribution in [1.82, 2.24) is 9.69 Å². The molecule has 0 unspecified atom stereocenters. The zero-order chi connectivity index (χ0) is 15.6. The monoisotopic (exact) mass is 332 g/mol. The maximum Gasteiger partial charge on any atom is 0.217 e. The standard InChI is InChI=1S/C12H20N4O3S2/c1-3-21(18,19)10-11(13)15-20-12(10)16-6-4-9(5-7-16)14-8(2)17/h9H,3-7H2,1-2H3,(H2,13,15)(H,14,17). The molecular formula is C12H20N4O3S2. The van der Waals surface area contributed by atoms with E-state index in [-0.39, 0.29) is 28.4 Å². The highest BCUT2D eigenvalue weighted by atomic mass is 32.2. The number of rotatable bonds is 4. The lowest BCUT2D eigenvalue weighted by Crippen LogP contribution is -2.44. The highest BCUT2D eigenvalue weighted by Crippen LogP contribution is 2.36. The Balaban J connectivity index is 2.17. The Kier molecular flexibility index (Phi) is 4.72. The topological polar surface area (TPSA) is 105 Å². The van der Waals surface area contributed by atoms with E-state index in [1.807, 2.05) is 4.90 Å². The molecule has 1 aliphatic rings. The maximum absolute atomic E-state index is 12.2. The summed E-state index contributed by atoms with van der Waals surface area (Å²) in [6, 6.07) is 0.148. The Morgan fingerprint density at radius 3 is 2.62 bits per heavy atom. The van der Waals surface area contributed by atoms with E-state index in [9.17, 15) is 13.2 Å². The van der Waals surface area contributed by atoms with E-state index >= 15 is 0 Å². The predicted molar refractivity (Wildman–Crippen MR) is 83.3 cm³/mol. The van der Waals surface area contributed by atoms with Gasteiger partial charge in [-0.25, -0.2) is 8.42 Å². The van der Waals surface area contributed by atoms with Gasteiger partial charge in [-0.1, -0.05) is 6.92 Å². The van der Waals surface area contributed by atoms with E-state index in [2.05, 4.69) is 9.69 Å². The molecule has 0 bridgehead atoms. The average Bonchev–Trinajstić information content (AvgIpc) is 2.81. The van der Waals surface area contributed by atoms with Gasteiger partial charge in [-0.05, 0) is 24.4 Å². The lowest BCUT2D eigenvalue weighted by atomic mass is 10.1. The molecule has 9 heteroatoms. The van der Waals surface area contributed by atoms with Crippen LogP contribution in [0.25, 0.3) is 0 Å². The molecule has 1 fully saturated rings. The zero-order valence-electron chi connectivity index (χ0n) is 12.1. The van der Waals surface area contributed by atoms with Crippen LogP contribution in [0.15, 0.2) is 4.90 Å². The first-order chi connectivity index (χ1) is 9.85. The Labute approximate surface area is 128 Å². The second kappa shape index (κ2) is 6.18. The van der Waals surface area contributed by atoms with Gasteiger partial charge in [0, 0.05) is 26.1 Å². The van der Waals surface area contributed by atoms with Gasteiger partial charge in [-0.2, -0.15) is 4.37 Å². The summed E-state index contributed by atoms with van der Waals surface area (Å²) in [5, 5.41) is 3.52. The number of aromatic nitrogens is 1. The van der Waals surface area contributed by atoms with Crippen LogP contribution in [-0.4, -0.2) is 43.6 Å². The number of carbonyl (C=O) groups is 1. The SMILES string of the molecule is CCS(=O)(=O)c1c(N)nsc1N1CCC(NC(C)=O)CC1. The van der Waals surface area contributed by atoms with Crippen molar-refractivity contribution < 1.29 is 13.2 Å². The van der Waals surface area contributed by atoms with Gasteiger partial charge < -0.3 is 16.0 Å². The van der Waals surface area contributed by atoms with Crippen molar-refractivity contribution in [2.45, 2.75) is 37.6 Å². The molecule has 118 valence electrons. The molecular weight excluding hydrogens is 312 g/mol. The predicted octanol–water partition coefficient (Wildman–Crippen LogP) is 0.624. The van der Waals surface area contributed by atoms with E-state index in [0.29, 0.717) is 18.1 Å². The number of carbonyl (C=O) groups excluding carboxylic acids is 1. The van der Waals surface area contributed by atoms with Crippen molar-refractivity contribution in [3.63, 3.8) is 0 Å². The number of anilines is 2. The largest absolute Gasteiger partial charge is 0.382 e.